The SMILES string of the molecule is COC(=O)CCN1C[C@@H](OCc2ccncc2)CN(C(=O)Cc2cccs2)CC1=O. The van der Waals surface area contributed by atoms with Gasteiger partial charge in [-0.25, -0.2) is 0 Å². The second-order valence-corrected chi connectivity index (χ2v) is 8.02. The van der Waals surface area contributed by atoms with Crippen molar-refractivity contribution in [1.29, 1.82) is 0 Å². The molecule has 0 bridgehead atoms. The molecule has 0 radical (unpaired) electrons. The van der Waals surface area contributed by atoms with Gasteiger partial charge in [-0.3, -0.25) is 19.4 Å². The summed E-state index contributed by atoms with van der Waals surface area (Å²) in [7, 11) is 1.32. The molecule has 2 aromatic heterocycles. The lowest BCUT2D eigenvalue weighted by Crippen LogP contribution is -2.40. The summed E-state index contributed by atoms with van der Waals surface area (Å²) in [6.45, 7) is 1.17. The van der Waals surface area contributed by atoms with E-state index in [1.807, 2.05) is 29.6 Å². The first kappa shape index (κ1) is 21.9. The van der Waals surface area contributed by atoms with Crippen molar-refractivity contribution in [3.63, 3.8) is 0 Å². The summed E-state index contributed by atoms with van der Waals surface area (Å²) in [5.74, 6) is -0.696. The Morgan fingerprint density at radius 1 is 1.23 bits per heavy atom. The van der Waals surface area contributed by atoms with Crippen LogP contribution in [-0.2, 0) is 36.9 Å². The number of hydrogen-bond acceptors (Lipinski definition) is 7. The number of carbonyl (C=O) groups is 3. The normalized spacial score (nSPS) is 17.0. The topological polar surface area (TPSA) is 89.0 Å². The molecule has 1 fully saturated rings. The van der Waals surface area contributed by atoms with Crippen molar-refractivity contribution in [1.82, 2.24) is 14.8 Å². The molecule has 2 amide bonds. The van der Waals surface area contributed by atoms with Crippen LogP contribution in [0.5, 0.6) is 0 Å². The van der Waals surface area contributed by atoms with E-state index in [1.54, 1.807) is 22.2 Å². The van der Waals surface area contributed by atoms with E-state index in [2.05, 4.69) is 9.72 Å². The average Bonchev–Trinajstić information content (AvgIpc) is 3.21. The Labute approximate surface area is 179 Å². The summed E-state index contributed by atoms with van der Waals surface area (Å²) in [4.78, 5) is 45.2. The summed E-state index contributed by atoms with van der Waals surface area (Å²) in [5, 5.41) is 1.92. The van der Waals surface area contributed by atoms with Gasteiger partial charge in [-0.05, 0) is 29.1 Å². The van der Waals surface area contributed by atoms with Gasteiger partial charge in [0.2, 0.25) is 11.8 Å². The van der Waals surface area contributed by atoms with Gasteiger partial charge in [0.25, 0.3) is 0 Å². The molecule has 30 heavy (non-hydrogen) atoms. The van der Waals surface area contributed by atoms with Crippen molar-refractivity contribution < 1.29 is 23.9 Å². The number of aromatic nitrogens is 1. The molecule has 0 unspecified atom stereocenters. The average molecular weight is 432 g/mol. The zero-order valence-corrected chi connectivity index (χ0v) is 17.7. The van der Waals surface area contributed by atoms with Crippen molar-refractivity contribution in [3.8, 4) is 0 Å². The van der Waals surface area contributed by atoms with Crippen molar-refractivity contribution in [3.05, 3.63) is 52.5 Å². The number of rotatable bonds is 8. The predicted octanol–water partition coefficient (Wildman–Crippen LogP) is 1.50. The summed E-state index contributed by atoms with van der Waals surface area (Å²) < 4.78 is 10.7. The van der Waals surface area contributed by atoms with Crippen LogP contribution in [0.25, 0.3) is 0 Å². The molecule has 2 aromatic rings. The number of hydrogen-bond donors (Lipinski definition) is 0. The first-order chi connectivity index (χ1) is 14.5. The minimum atomic E-state index is -0.382. The third kappa shape index (κ3) is 6.36. The molecule has 1 saturated heterocycles. The van der Waals surface area contributed by atoms with Crippen molar-refractivity contribution in [2.24, 2.45) is 0 Å². The Balaban J connectivity index is 1.69. The number of nitrogens with zero attached hydrogens (tertiary/aromatic N) is 3. The Hall–Kier alpha value is -2.78. The molecule has 0 saturated carbocycles. The maximum absolute atomic E-state index is 12.8. The Morgan fingerprint density at radius 3 is 2.73 bits per heavy atom. The molecule has 9 heteroatoms. The van der Waals surface area contributed by atoms with E-state index in [-0.39, 0.29) is 49.8 Å². The van der Waals surface area contributed by atoms with Crippen molar-refractivity contribution in [2.75, 3.05) is 33.3 Å². The number of carbonyl (C=O) groups excluding carboxylic acids is 3. The van der Waals surface area contributed by atoms with E-state index in [0.29, 0.717) is 19.7 Å². The summed E-state index contributed by atoms with van der Waals surface area (Å²) in [6, 6.07) is 7.52. The van der Waals surface area contributed by atoms with E-state index < -0.39 is 0 Å². The molecular formula is C21H25N3O5S. The zero-order chi connectivity index (χ0) is 21.3. The van der Waals surface area contributed by atoms with Crippen LogP contribution in [0, 0.1) is 0 Å². The number of pyridine rings is 1. The van der Waals surface area contributed by atoms with E-state index >= 15 is 0 Å². The molecule has 1 aliphatic heterocycles. The number of methoxy groups -OCH3 is 1. The smallest absolute Gasteiger partial charge is 0.307 e. The second-order valence-electron chi connectivity index (χ2n) is 6.98. The van der Waals surface area contributed by atoms with Gasteiger partial charge in [0.05, 0.1) is 39.2 Å². The highest BCUT2D eigenvalue weighted by Gasteiger charge is 2.31. The second kappa shape index (κ2) is 10.8. The van der Waals surface area contributed by atoms with Gasteiger partial charge >= 0.3 is 5.97 Å². The fourth-order valence-electron chi connectivity index (χ4n) is 3.19. The molecule has 0 N–H and O–H groups in total. The van der Waals surface area contributed by atoms with Crippen LogP contribution in [-0.4, -0.2) is 72.0 Å². The molecule has 1 aliphatic rings. The molecular weight excluding hydrogens is 406 g/mol. The summed E-state index contributed by atoms with van der Waals surface area (Å²) >= 11 is 1.51. The van der Waals surface area contributed by atoms with Gasteiger partial charge in [0.15, 0.2) is 0 Å². The van der Waals surface area contributed by atoms with Crippen LogP contribution in [0.15, 0.2) is 42.0 Å². The highest BCUT2D eigenvalue weighted by molar-refractivity contribution is 7.10. The first-order valence-electron chi connectivity index (χ1n) is 9.70. The molecule has 0 aromatic carbocycles. The number of ether oxygens (including phenoxy) is 2. The molecule has 8 nitrogen and oxygen atoms in total. The van der Waals surface area contributed by atoms with Crippen LogP contribution in [0.1, 0.15) is 16.9 Å². The lowest BCUT2D eigenvalue weighted by atomic mass is 10.2. The molecule has 1 atom stereocenters. The van der Waals surface area contributed by atoms with E-state index in [9.17, 15) is 14.4 Å². The lowest BCUT2D eigenvalue weighted by Gasteiger charge is -2.24. The van der Waals surface area contributed by atoms with Crippen LogP contribution < -0.4 is 0 Å². The maximum atomic E-state index is 12.8. The van der Waals surface area contributed by atoms with Crippen molar-refractivity contribution in [2.45, 2.75) is 25.6 Å². The molecule has 3 rings (SSSR count). The Kier molecular flexibility index (Phi) is 7.92. The third-order valence-corrected chi connectivity index (χ3v) is 5.71. The van der Waals surface area contributed by atoms with Crippen molar-refractivity contribution >= 4 is 29.1 Å². The highest BCUT2D eigenvalue weighted by Crippen LogP contribution is 2.15. The van der Waals surface area contributed by atoms with Gasteiger partial charge in [-0.2, -0.15) is 0 Å². The van der Waals surface area contributed by atoms with Crippen LogP contribution >= 0.6 is 11.3 Å². The molecule has 0 spiro atoms. The fourth-order valence-corrected chi connectivity index (χ4v) is 3.88. The third-order valence-electron chi connectivity index (χ3n) is 4.83. The molecule has 0 aliphatic carbocycles. The predicted molar refractivity (Wildman–Crippen MR) is 111 cm³/mol. The van der Waals surface area contributed by atoms with Gasteiger partial charge in [0.1, 0.15) is 0 Å². The summed E-state index contributed by atoms with van der Waals surface area (Å²) in [5.41, 5.74) is 0.957. The largest absolute Gasteiger partial charge is 0.469 e. The molecule has 160 valence electrons. The van der Waals surface area contributed by atoms with E-state index in [1.165, 1.54) is 18.4 Å². The fraction of sp³-hybridized carbons (Fsp3) is 0.429. The first-order valence-corrected chi connectivity index (χ1v) is 10.6. The minimum absolute atomic E-state index is 0.0273. The maximum Gasteiger partial charge on any atom is 0.307 e. The number of thiophene rings is 1. The van der Waals surface area contributed by atoms with E-state index in [0.717, 1.165) is 10.4 Å². The van der Waals surface area contributed by atoms with Crippen LogP contribution in [0.4, 0.5) is 0 Å². The quantitative estimate of drug-likeness (QED) is 0.589. The zero-order valence-electron chi connectivity index (χ0n) is 16.9. The monoisotopic (exact) mass is 431 g/mol. The lowest BCUT2D eigenvalue weighted by molar-refractivity contribution is -0.142. The van der Waals surface area contributed by atoms with E-state index in [4.69, 9.17) is 4.74 Å². The van der Waals surface area contributed by atoms with Gasteiger partial charge in [0, 0.05) is 36.9 Å². The Morgan fingerprint density at radius 2 is 2.03 bits per heavy atom. The van der Waals surface area contributed by atoms with Crippen LogP contribution in [0.3, 0.4) is 0 Å². The standard InChI is InChI=1S/C21H25N3O5S/c1-28-21(27)6-9-23-12-17(29-15-16-4-7-22-8-5-16)13-24(14-20(23)26)19(25)11-18-3-2-10-30-18/h2-5,7-8,10,17H,6,9,11-15H2,1H3/t17-/m1/s1. The Bertz CT molecular complexity index is 844. The van der Waals surface area contributed by atoms with Crippen LogP contribution in [0.2, 0.25) is 0 Å². The van der Waals surface area contributed by atoms with Gasteiger partial charge < -0.3 is 19.3 Å². The number of esters is 1. The highest BCUT2D eigenvalue weighted by atomic mass is 32.1. The van der Waals surface area contributed by atoms with Gasteiger partial charge in [-0.1, -0.05) is 6.07 Å². The summed E-state index contributed by atoms with van der Waals surface area (Å²) in [6.07, 6.45) is 3.37. The molecule has 3 heterocycles. The van der Waals surface area contributed by atoms with Gasteiger partial charge in [-0.15, -0.1) is 11.3 Å². The number of amides is 2. The minimum Gasteiger partial charge on any atom is -0.469 e.